The largest absolute Gasteiger partial charge is 0.365 e. The van der Waals surface area contributed by atoms with Crippen molar-refractivity contribution in [2.75, 3.05) is 30.3 Å². The Kier molecular flexibility index (Phi) is 7.93. The summed E-state index contributed by atoms with van der Waals surface area (Å²) < 4.78 is 49.8. The molecule has 1 aliphatic heterocycles. The standard InChI is InChI=1S/C27H25ClF3N7O5/c1-13(2)38-21-7-18(29)19(6-16(21)24(40)37(26(38)42)11-14-8-27(14,30)31)35-25(41)36-3-4-43-22(12-36)23(39)34-15-5-17(28)20(9-32)33-10-15/h5-7,10,13-14,22H,3-4,8,11-12H2,1-2H3,(H,34,39)(H,35,41)/t14?,22-/m1/s1. The third-order valence-corrected chi connectivity index (χ3v) is 7.52. The molecule has 2 fully saturated rings. The first-order valence-electron chi connectivity index (χ1n) is 13.2. The Bertz CT molecular complexity index is 1800. The van der Waals surface area contributed by atoms with Gasteiger partial charge in [-0.05, 0) is 26.0 Å². The molecule has 2 atom stereocenters. The van der Waals surface area contributed by atoms with Gasteiger partial charge in [0.15, 0.2) is 11.8 Å². The molecule has 5 rings (SSSR count). The minimum atomic E-state index is -2.97. The Hall–Kier alpha value is -4.42. The number of halogens is 4. The first-order chi connectivity index (χ1) is 20.3. The normalized spacial score (nSPS) is 19.3. The van der Waals surface area contributed by atoms with Crippen LogP contribution in [0.5, 0.6) is 0 Å². The van der Waals surface area contributed by atoms with E-state index in [4.69, 9.17) is 21.6 Å². The lowest BCUT2D eigenvalue weighted by Gasteiger charge is -2.32. The van der Waals surface area contributed by atoms with Gasteiger partial charge in [0.1, 0.15) is 11.9 Å². The molecule has 0 radical (unpaired) electrons. The van der Waals surface area contributed by atoms with Crippen LogP contribution in [-0.4, -0.2) is 62.7 Å². The number of carbonyl (C=O) groups excluding carboxylic acids is 2. The van der Waals surface area contributed by atoms with Crippen molar-refractivity contribution in [3.05, 3.63) is 61.8 Å². The van der Waals surface area contributed by atoms with Crippen LogP contribution in [0, 0.1) is 23.1 Å². The SMILES string of the molecule is CC(C)n1c(=O)n(CC2CC2(F)F)c(=O)c2cc(NC(=O)N3CCO[C@@H](C(=O)Nc4cnc(C#N)c(Cl)c4)C3)c(F)cc21. The lowest BCUT2D eigenvalue weighted by Crippen LogP contribution is -2.51. The topological polar surface area (TPSA) is 151 Å². The van der Waals surface area contributed by atoms with Gasteiger partial charge in [-0.25, -0.2) is 27.7 Å². The van der Waals surface area contributed by atoms with Crippen LogP contribution in [0.1, 0.15) is 32.0 Å². The maximum absolute atomic E-state index is 15.2. The average molecular weight is 620 g/mol. The second-order valence-corrected chi connectivity index (χ2v) is 11.0. The second kappa shape index (κ2) is 11.3. The van der Waals surface area contributed by atoms with E-state index in [-0.39, 0.29) is 52.7 Å². The fourth-order valence-electron chi connectivity index (χ4n) is 4.84. The van der Waals surface area contributed by atoms with Crippen molar-refractivity contribution in [3.63, 3.8) is 0 Å². The maximum Gasteiger partial charge on any atom is 0.331 e. The second-order valence-electron chi connectivity index (χ2n) is 10.6. The number of urea groups is 1. The van der Waals surface area contributed by atoms with Crippen LogP contribution in [0.25, 0.3) is 10.9 Å². The van der Waals surface area contributed by atoms with E-state index in [0.717, 1.165) is 21.3 Å². The van der Waals surface area contributed by atoms with E-state index in [1.54, 1.807) is 19.9 Å². The number of fused-ring (bicyclic) bond motifs is 1. The van der Waals surface area contributed by atoms with Gasteiger partial charge in [0, 0.05) is 37.5 Å². The van der Waals surface area contributed by atoms with Gasteiger partial charge in [0.05, 0.1) is 46.6 Å². The molecule has 2 N–H and O–H groups in total. The van der Waals surface area contributed by atoms with Crippen LogP contribution in [0.3, 0.4) is 0 Å². The molecule has 3 heterocycles. The third kappa shape index (κ3) is 5.93. The van der Waals surface area contributed by atoms with Crippen LogP contribution >= 0.6 is 11.6 Å². The molecule has 1 saturated carbocycles. The Morgan fingerprint density at radius 3 is 2.60 bits per heavy atom. The number of morpholine rings is 1. The molecule has 1 aliphatic carbocycles. The number of carbonyl (C=O) groups is 2. The molecule has 1 unspecified atom stereocenters. The highest BCUT2D eigenvalue weighted by Crippen LogP contribution is 2.49. The van der Waals surface area contributed by atoms with Crippen LogP contribution in [0.2, 0.25) is 5.02 Å². The number of rotatable bonds is 6. The minimum absolute atomic E-state index is 0.0186. The average Bonchev–Trinajstić information content (AvgIpc) is 3.57. The van der Waals surface area contributed by atoms with E-state index in [1.807, 2.05) is 0 Å². The van der Waals surface area contributed by atoms with Crippen molar-refractivity contribution in [1.29, 1.82) is 5.26 Å². The van der Waals surface area contributed by atoms with Gasteiger partial charge in [-0.15, -0.1) is 0 Å². The van der Waals surface area contributed by atoms with Crippen LogP contribution < -0.4 is 21.9 Å². The van der Waals surface area contributed by atoms with Gasteiger partial charge in [-0.3, -0.25) is 18.7 Å². The van der Waals surface area contributed by atoms with Crippen molar-refractivity contribution in [2.24, 2.45) is 5.92 Å². The van der Waals surface area contributed by atoms with Crippen molar-refractivity contribution in [3.8, 4) is 6.07 Å². The molecule has 3 amide bonds. The zero-order chi connectivity index (χ0) is 31.2. The molecule has 43 heavy (non-hydrogen) atoms. The summed E-state index contributed by atoms with van der Waals surface area (Å²) in [6.45, 7) is 2.60. The van der Waals surface area contributed by atoms with Gasteiger partial charge in [0.25, 0.3) is 17.4 Å². The molecular weight excluding hydrogens is 595 g/mol. The van der Waals surface area contributed by atoms with Gasteiger partial charge < -0.3 is 20.3 Å². The molecule has 2 aliphatic rings. The number of nitrogens with one attached hydrogen (secondary N) is 2. The summed E-state index contributed by atoms with van der Waals surface area (Å²) in [4.78, 5) is 57.2. The highest BCUT2D eigenvalue weighted by atomic mass is 35.5. The molecule has 226 valence electrons. The van der Waals surface area contributed by atoms with Gasteiger partial charge in [0.2, 0.25) is 0 Å². The first kappa shape index (κ1) is 30.1. The predicted octanol–water partition coefficient (Wildman–Crippen LogP) is 3.33. The monoisotopic (exact) mass is 619 g/mol. The zero-order valence-electron chi connectivity index (χ0n) is 22.9. The maximum atomic E-state index is 15.2. The summed E-state index contributed by atoms with van der Waals surface area (Å²) in [5.74, 6) is -5.68. The summed E-state index contributed by atoms with van der Waals surface area (Å²) in [7, 11) is 0. The molecule has 2 aromatic heterocycles. The number of alkyl halides is 2. The molecule has 0 bridgehead atoms. The number of benzene rings is 1. The van der Waals surface area contributed by atoms with E-state index < -0.39 is 66.0 Å². The highest BCUT2D eigenvalue weighted by molar-refractivity contribution is 6.31. The number of hydrogen-bond acceptors (Lipinski definition) is 7. The molecule has 1 aromatic carbocycles. The Morgan fingerprint density at radius 1 is 1.26 bits per heavy atom. The summed E-state index contributed by atoms with van der Waals surface area (Å²) in [6.07, 6.45) is -0.315. The fourth-order valence-corrected chi connectivity index (χ4v) is 5.05. The molecular formula is C27H25ClF3N7O5. The number of amides is 3. The molecule has 1 saturated heterocycles. The van der Waals surface area contributed by atoms with Crippen molar-refractivity contribution >= 4 is 45.8 Å². The van der Waals surface area contributed by atoms with Crippen molar-refractivity contribution in [1.82, 2.24) is 19.0 Å². The lowest BCUT2D eigenvalue weighted by atomic mass is 10.2. The quantitative estimate of drug-likeness (QED) is 0.429. The van der Waals surface area contributed by atoms with E-state index in [9.17, 15) is 28.0 Å². The van der Waals surface area contributed by atoms with Crippen LogP contribution in [-0.2, 0) is 16.1 Å². The molecule has 12 nitrogen and oxygen atoms in total. The molecule has 0 spiro atoms. The Morgan fingerprint density at radius 2 is 1.98 bits per heavy atom. The van der Waals surface area contributed by atoms with Gasteiger partial charge in [-0.1, -0.05) is 11.6 Å². The van der Waals surface area contributed by atoms with E-state index in [2.05, 4.69) is 15.6 Å². The van der Waals surface area contributed by atoms with E-state index in [0.29, 0.717) is 0 Å². The summed E-state index contributed by atoms with van der Waals surface area (Å²) >= 11 is 5.95. The molecule has 16 heteroatoms. The number of nitriles is 1. The Labute approximate surface area is 246 Å². The van der Waals surface area contributed by atoms with E-state index >= 15 is 4.39 Å². The summed E-state index contributed by atoms with van der Waals surface area (Å²) in [5.41, 5.74) is -1.95. The third-order valence-electron chi connectivity index (χ3n) is 7.23. The van der Waals surface area contributed by atoms with Gasteiger partial charge >= 0.3 is 11.7 Å². The summed E-state index contributed by atoms with van der Waals surface area (Å²) in [5, 5.41) is 13.8. The minimum Gasteiger partial charge on any atom is -0.365 e. The highest BCUT2D eigenvalue weighted by Gasteiger charge is 2.57. The number of hydrogen-bond donors (Lipinski definition) is 2. The number of pyridine rings is 1. The smallest absolute Gasteiger partial charge is 0.331 e. The number of nitrogens with zero attached hydrogens (tertiary/aromatic N) is 5. The predicted molar refractivity (Wildman–Crippen MR) is 149 cm³/mol. The first-order valence-corrected chi connectivity index (χ1v) is 13.6. The van der Waals surface area contributed by atoms with Crippen molar-refractivity contribution in [2.45, 2.75) is 44.9 Å². The Balaban J connectivity index is 1.36. The number of aromatic nitrogens is 3. The van der Waals surface area contributed by atoms with Crippen LogP contribution in [0.15, 0.2) is 34.0 Å². The van der Waals surface area contributed by atoms with E-state index in [1.165, 1.54) is 17.2 Å². The number of ether oxygens (including phenoxy) is 1. The zero-order valence-corrected chi connectivity index (χ0v) is 23.6. The fraction of sp³-hybridized carbons (Fsp3) is 0.407. The molecule has 3 aromatic rings. The van der Waals surface area contributed by atoms with Crippen molar-refractivity contribution < 1.29 is 27.5 Å². The lowest BCUT2D eigenvalue weighted by molar-refractivity contribution is -0.131. The summed E-state index contributed by atoms with van der Waals surface area (Å²) in [6, 6.07) is 3.82. The van der Waals surface area contributed by atoms with Gasteiger partial charge in [-0.2, -0.15) is 5.26 Å². The number of anilines is 2. The van der Waals surface area contributed by atoms with Crippen LogP contribution in [0.4, 0.5) is 29.3 Å².